The van der Waals surface area contributed by atoms with Gasteiger partial charge in [0.05, 0.1) is 6.61 Å². The quantitative estimate of drug-likeness (QED) is 0.761. The van der Waals surface area contributed by atoms with Gasteiger partial charge in [-0.05, 0) is 23.1 Å². The molecule has 1 aromatic rings. The Hall–Kier alpha value is 0.251. The van der Waals surface area contributed by atoms with Crippen LogP contribution in [0.4, 0.5) is 12.9 Å². The molecule has 19 heavy (non-hydrogen) atoms. The van der Waals surface area contributed by atoms with Crippen molar-refractivity contribution in [2.24, 2.45) is 0 Å². The molecule has 1 aromatic carbocycles. The second-order valence-electron chi connectivity index (χ2n) is 5.30. The van der Waals surface area contributed by atoms with Crippen molar-refractivity contribution in [3.63, 3.8) is 0 Å². The van der Waals surface area contributed by atoms with Crippen molar-refractivity contribution < 1.29 is 69.1 Å². The zero-order valence-electron chi connectivity index (χ0n) is 11.8. The van der Waals surface area contributed by atoms with Gasteiger partial charge in [-0.2, -0.15) is 0 Å². The fraction of sp³-hybridized carbons (Fsp3) is 0.385. The van der Waals surface area contributed by atoms with Crippen LogP contribution in [0.2, 0.25) is 0 Å². The third-order valence-corrected chi connectivity index (χ3v) is 2.61. The predicted octanol–water partition coefficient (Wildman–Crippen LogP) is 1.31. The first-order chi connectivity index (χ1) is 8.10. The van der Waals surface area contributed by atoms with Crippen LogP contribution in [0.3, 0.4) is 0 Å². The third-order valence-electron chi connectivity index (χ3n) is 2.61. The normalized spacial score (nSPS) is 11.7. The molecule has 0 aliphatic rings. The summed E-state index contributed by atoms with van der Waals surface area (Å²) >= 11 is 0. The summed E-state index contributed by atoms with van der Waals surface area (Å²) in [4.78, 5) is 0. The van der Waals surface area contributed by atoms with Crippen molar-refractivity contribution in [2.45, 2.75) is 26.2 Å². The van der Waals surface area contributed by atoms with Crippen LogP contribution in [0.15, 0.2) is 36.3 Å². The van der Waals surface area contributed by atoms with Crippen molar-refractivity contribution in [1.82, 2.24) is 0 Å². The smallest absolute Gasteiger partial charge is 0.492 e. The summed E-state index contributed by atoms with van der Waals surface area (Å²) in [5.41, 5.74) is 0.292. The zero-order chi connectivity index (χ0) is 14.0. The molecule has 0 aliphatic carbocycles. The molecule has 0 fully saturated rings. The van der Waals surface area contributed by atoms with E-state index in [2.05, 4.69) is 27.4 Å². The molecule has 0 heterocycles. The fourth-order valence-electron chi connectivity index (χ4n) is 1.32. The Bertz CT molecular complexity index is 421. The van der Waals surface area contributed by atoms with Gasteiger partial charge in [0.15, 0.2) is 0 Å². The molecule has 0 bridgehead atoms. The van der Waals surface area contributed by atoms with Crippen LogP contribution in [0, 0.1) is 0 Å². The number of hydrogen-bond acceptors (Lipinski definition) is 1. The maximum absolute atomic E-state index is 12.3. The van der Waals surface area contributed by atoms with Gasteiger partial charge in [-0.1, -0.05) is 32.9 Å². The summed E-state index contributed by atoms with van der Waals surface area (Å²) in [5.74, 6) is 0.421. The van der Waals surface area contributed by atoms with E-state index < -0.39 is 19.1 Å². The molecule has 0 saturated carbocycles. The Kier molecular flexibility index (Phi) is 7.41. The van der Waals surface area contributed by atoms with E-state index in [1.165, 1.54) is 0 Å². The van der Waals surface area contributed by atoms with Gasteiger partial charge in [0.1, 0.15) is 5.75 Å². The van der Waals surface area contributed by atoms with E-state index in [1.54, 1.807) is 12.1 Å². The van der Waals surface area contributed by atoms with Gasteiger partial charge in [0.2, 0.25) is 0 Å². The Morgan fingerprint density at radius 1 is 1.16 bits per heavy atom. The Labute approximate surface area is 155 Å². The minimum atomic E-state index is -5.02. The molecule has 0 aliphatic heterocycles. The summed E-state index contributed by atoms with van der Waals surface area (Å²) in [6.07, 6.45) is 0. The van der Waals surface area contributed by atoms with Crippen molar-refractivity contribution in [3.05, 3.63) is 41.9 Å². The van der Waals surface area contributed by atoms with Crippen LogP contribution in [0.25, 0.3) is 0 Å². The summed E-state index contributed by atoms with van der Waals surface area (Å²) in [5, 5.41) is 0. The maximum atomic E-state index is 12.3. The van der Waals surface area contributed by atoms with Crippen LogP contribution in [0.5, 0.6) is 5.75 Å². The molecular weight excluding hydrogens is 279 g/mol. The number of halogens is 3. The molecule has 0 radical (unpaired) electrons. The molecule has 0 N–H and O–H groups in total. The van der Waals surface area contributed by atoms with Crippen molar-refractivity contribution >= 4 is 6.98 Å². The predicted molar refractivity (Wildman–Crippen MR) is 68.9 cm³/mol. The molecule has 6 heteroatoms. The van der Waals surface area contributed by atoms with Gasteiger partial charge < -0.3 is 17.7 Å². The molecule has 100 valence electrons. The van der Waals surface area contributed by atoms with E-state index >= 15 is 0 Å². The largest absolute Gasteiger partial charge is 1.00 e. The van der Waals surface area contributed by atoms with Gasteiger partial charge in [-0.15, -0.1) is 12.1 Å². The van der Waals surface area contributed by atoms with E-state index in [0.29, 0.717) is 5.75 Å². The van der Waals surface area contributed by atoms with E-state index in [9.17, 15) is 12.9 Å². The van der Waals surface area contributed by atoms with Gasteiger partial charge in [0, 0.05) is 0 Å². The average molecular weight is 296 g/mol. The van der Waals surface area contributed by atoms with E-state index in [4.69, 9.17) is 4.74 Å². The third kappa shape index (κ3) is 6.49. The van der Waals surface area contributed by atoms with Crippen LogP contribution in [0.1, 0.15) is 26.3 Å². The van der Waals surface area contributed by atoms with E-state index in [0.717, 1.165) is 5.56 Å². The van der Waals surface area contributed by atoms with Crippen LogP contribution in [-0.2, 0) is 5.41 Å². The Morgan fingerprint density at radius 3 is 2.00 bits per heavy atom. The number of ether oxygens (including phenoxy) is 1. The molecule has 0 aromatic heterocycles. The molecular formula is C13H17BF3KO. The van der Waals surface area contributed by atoms with Gasteiger partial charge in [-0.25, -0.2) is 0 Å². The van der Waals surface area contributed by atoms with Crippen molar-refractivity contribution in [3.8, 4) is 5.75 Å². The summed E-state index contributed by atoms with van der Waals surface area (Å²) in [6, 6.07) is 7.07. The standard InChI is InChI=1S/C13H17BF3O.K/c1-10(14(15,16)17)9-18-12-7-5-11(6-8-12)13(2,3)4;/h5-8H,1,9H2,2-4H3;/q-1;+1. The van der Waals surface area contributed by atoms with Crippen LogP contribution < -0.4 is 56.1 Å². The number of hydrogen-bond donors (Lipinski definition) is 0. The summed E-state index contributed by atoms with van der Waals surface area (Å²) in [6.45, 7) is 3.64. The average Bonchev–Trinajstić information content (AvgIpc) is 2.24. The molecule has 0 spiro atoms. The fourth-order valence-corrected chi connectivity index (χ4v) is 1.32. The summed E-state index contributed by atoms with van der Waals surface area (Å²) < 4.78 is 41.8. The molecule has 1 nitrogen and oxygen atoms in total. The maximum Gasteiger partial charge on any atom is 1.00 e. The van der Waals surface area contributed by atoms with Gasteiger partial charge in [-0.3, -0.25) is 0 Å². The minimum Gasteiger partial charge on any atom is -0.492 e. The number of rotatable bonds is 4. The van der Waals surface area contributed by atoms with E-state index in [-0.39, 0.29) is 56.8 Å². The molecule has 0 amide bonds. The second-order valence-corrected chi connectivity index (χ2v) is 5.30. The van der Waals surface area contributed by atoms with E-state index in [1.807, 2.05) is 12.1 Å². The first-order valence-electron chi connectivity index (χ1n) is 5.71. The molecule has 1 rings (SSSR count). The monoisotopic (exact) mass is 296 g/mol. The first-order valence-corrected chi connectivity index (χ1v) is 5.71. The van der Waals surface area contributed by atoms with Crippen LogP contribution in [-0.4, -0.2) is 13.6 Å². The first kappa shape index (κ1) is 19.3. The molecule has 0 unspecified atom stereocenters. The molecule has 0 saturated heterocycles. The Balaban J connectivity index is 0.00000324. The second kappa shape index (κ2) is 7.31. The minimum absolute atomic E-state index is 0. The summed E-state index contributed by atoms with van der Waals surface area (Å²) in [7, 11) is 0. The van der Waals surface area contributed by atoms with Gasteiger partial charge in [0.25, 0.3) is 0 Å². The SMILES string of the molecule is C=C(COc1ccc(C(C)(C)C)cc1)[B-](F)(F)F.[K+]. The molecule has 0 atom stereocenters. The topological polar surface area (TPSA) is 9.23 Å². The van der Waals surface area contributed by atoms with Gasteiger partial charge >= 0.3 is 58.4 Å². The van der Waals surface area contributed by atoms with Crippen LogP contribution >= 0.6 is 0 Å². The van der Waals surface area contributed by atoms with Crippen molar-refractivity contribution in [2.75, 3.05) is 6.61 Å². The Morgan fingerprint density at radius 2 is 1.63 bits per heavy atom. The zero-order valence-corrected chi connectivity index (χ0v) is 15.0. The number of benzene rings is 1. The van der Waals surface area contributed by atoms with Crippen molar-refractivity contribution in [1.29, 1.82) is 0 Å².